The minimum atomic E-state index is -1.18. The Balaban J connectivity index is 1.76. The third kappa shape index (κ3) is 6.57. The maximum absolute atomic E-state index is 13.0. The molecule has 0 aliphatic heterocycles. The molecule has 7 nitrogen and oxygen atoms in total. The van der Waals surface area contributed by atoms with E-state index in [2.05, 4.69) is 16.0 Å². The van der Waals surface area contributed by atoms with Crippen molar-refractivity contribution in [2.75, 3.05) is 10.6 Å². The van der Waals surface area contributed by atoms with Gasteiger partial charge >= 0.3 is 0 Å². The Kier molecular flexibility index (Phi) is 8.05. The van der Waals surface area contributed by atoms with Crippen LogP contribution in [-0.4, -0.2) is 23.8 Å². The van der Waals surface area contributed by atoms with Crippen molar-refractivity contribution in [1.82, 2.24) is 5.32 Å². The normalized spacial score (nSPS) is 12.3. The van der Waals surface area contributed by atoms with Crippen molar-refractivity contribution in [3.05, 3.63) is 95.0 Å². The molecule has 5 N–H and O–H groups in total. The number of benzene rings is 3. The molecule has 8 heteroatoms. The van der Waals surface area contributed by atoms with E-state index in [0.717, 1.165) is 5.56 Å². The highest BCUT2D eigenvalue weighted by atomic mass is 35.5. The number of hydrogen-bond donors (Lipinski definition) is 4. The van der Waals surface area contributed by atoms with E-state index in [1.165, 1.54) is 6.07 Å². The van der Waals surface area contributed by atoms with Crippen LogP contribution in [0.1, 0.15) is 35.3 Å². The molecule has 0 aromatic heterocycles. The van der Waals surface area contributed by atoms with Crippen LogP contribution in [0.4, 0.5) is 11.4 Å². The van der Waals surface area contributed by atoms with Gasteiger partial charge in [0.15, 0.2) is 0 Å². The lowest BCUT2D eigenvalue weighted by molar-refractivity contribution is -0.123. The second-order valence-corrected chi connectivity index (χ2v) is 7.90. The van der Waals surface area contributed by atoms with Crippen LogP contribution >= 0.6 is 11.6 Å². The van der Waals surface area contributed by atoms with E-state index in [1.807, 2.05) is 49.4 Å². The van der Waals surface area contributed by atoms with Gasteiger partial charge in [-0.15, -0.1) is 0 Å². The standard InChI is InChI=1S/C25H25ClN4O3/c1-16(17-9-3-2-4-10-17)28-20-13-7-8-14-21(20)29-25(33)22(15-23(27)31)30-24(32)18-11-5-6-12-19(18)26/h2-14,16,22,28H,15H2,1H3,(H2,27,31)(H,29,33)(H,30,32). The number of nitrogens with two attached hydrogens (primary N) is 1. The van der Waals surface area contributed by atoms with Crippen LogP contribution < -0.4 is 21.7 Å². The van der Waals surface area contributed by atoms with Gasteiger partial charge in [0.05, 0.1) is 28.4 Å². The van der Waals surface area contributed by atoms with Crippen molar-refractivity contribution in [2.24, 2.45) is 5.73 Å². The number of carbonyl (C=O) groups is 3. The van der Waals surface area contributed by atoms with E-state index in [1.54, 1.807) is 30.3 Å². The molecule has 0 spiro atoms. The summed E-state index contributed by atoms with van der Waals surface area (Å²) in [6.45, 7) is 2.01. The predicted octanol–water partition coefficient (Wildman–Crippen LogP) is 4.13. The summed E-state index contributed by atoms with van der Waals surface area (Å²) >= 11 is 6.08. The van der Waals surface area contributed by atoms with Crippen LogP contribution in [0.15, 0.2) is 78.9 Å². The number of para-hydroxylation sites is 2. The van der Waals surface area contributed by atoms with Crippen LogP contribution in [0.25, 0.3) is 0 Å². The molecular weight excluding hydrogens is 440 g/mol. The zero-order valence-electron chi connectivity index (χ0n) is 18.0. The van der Waals surface area contributed by atoms with Gasteiger partial charge in [-0.05, 0) is 36.8 Å². The lowest BCUT2D eigenvalue weighted by atomic mass is 10.1. The van der Waals surface area contributed by atoms with Gasteiger partial charge in [0.2, 0.25) is 11.8 Å². The number of rotatable bonds is 9. The Morgan fingerprint density at radius 3 is 2.15 bits per heavy atom. The van der Waals surface area contributed by atoms with Crippen LogP contribution in [0.2, 0.25) is 5.02 Å². The Bertz CT molecular complexity index is 1140. The average Bonchev–Trinajstić information content (AvgIpc) is 2.80. The number of primary amides is 1. The van der Waals surface area contributed by atoms with E-state index in [4.69, 9.17) is 17.3 Å². The maximum atomic E-state index is 13.0. The molecular formula is C25H25ClN4O3. The number of nitrogens with one attached hydrogen (secondary N) is 3. The lowest BCUT2D eigenvalue weighted by Gasteiger charge is -2.21. The summed E-state index contributed by atoms with van der Waals surface area (Å²) < 4.78 is 0. The first-order valence-corrected chi connectivity index (χ1v) is 10.8. The number of amides is 3. The highest BCUT2D eigenvalue weighted by molar-refractivity contribution is 6.33. The lowest BCUT2D eigenvalue weighted by Crippen LogP contribution is -2.46. The van der Waals surface area contributed by atoms with Gasteiger partial charge in [0.1, 0.15) is 6.04 Å². The zero-order valence-corrected chi connectivity index (χ0v) is 18.8. The Morgan fingerprint density at radius 2 is 1.48 bits per heavy atom. The highest BCUT2D eigenvalue weighted by Crippen LogP contribution is 2.26. The molecule has 33 heavy (non-hydrogen) atoms. The summed E-state index contributed by atoms with van der Waals surface area (Å²) in [6.07, 6.45) is -0.363. The van der Waals surface area contributed by atoms with Gasteiger partial charge in [0.25, 0.3) is 5.91 Å². The van der Waals surface area contributed by atoms with Crippen LogP contribution in [-0.2, 0) is 9.59 Å². The quantitative estimate of drug-likeness (QED) is 0.381. The van der Waals surface area contributed by atoms with Crippen molar-refractivity contribution in [1.29, 1.82) is 0 Å². The van der Waals surface area contributed by atoms with Gasteiger partial charge in [-0.25, -0.2) is 0 Å². The van der Waals surface area contributed by atoms with E-state index < -0.39 is 23.8 Å². The molecule has 170 valence electrons. The predicted molar refractivity (Wildman–Crippen MR) is 130 cm³/mol. The Hall–Kier alpha value is -3.84. The third-order valence-electron chi connectivity index (χ3n) is 5.00. The van der Waals surface area contributed by atoms with Gasteiger partial charge < -0.3 is 21.7 Å². The van der Waals surface area contributed by atoms with Crippen molar-refractivity contribution >= 4 is 40.7 Å². The topological polar surface area (TPSA) is 113 Å². The molecule has 0 saturated heterocycles. The zero-order chi connectivity index (χ0) is 23.8. The molecule has 0 bridgehead atoms. The molecule has 3 aromatic carbocycles. The van der Waals surface area contributed by atoms with Crippen molar-refractivity contribution < 1.29 is 14.4 Å². The number of halogens is 1. The fourth-order valence-corrected chi connectivity index (χ4v) is 3.51. The van der Waals surface area contributed by atoms with E-state index >= 15 is 0 Å². The molecule has 0 heterocycles. The first-order valence-electron chi connectivity index (χ1n) is 10.4. The van der Waals surface area contributed by atoms with E-state index in [0.29, 0.717) is 11.4 Å². The van der Waals surface area contributed by atoms with Gasteiger partial charge in [-0.2, -0.15) is 0 Å². The molecule has 2 unspecified atom stereocenters. The Labute approximate surface area is 197 Å². The number of anilines is 2. The smallest absolute Gasteiger partial charge is 0.253 e. The molecule has 0 radical (unpaired) electrons. The minimum Gasteiger partial charge on any atom is -0.377 e. The first kappa shape index (κ1) is 23.8. The first-order chi connectivity index (χ1) is 15.8. The summed E-state index contributed by atoms with van der Waals surface area (Å²) in [5.74, 6) is -1.87. The molecule has 3 rings (SSSR count). The van der Waals surface area contributed by atoms with E-state index in [-0.39, 0.29) is 23.0 Å². The fourth-order valence-electron chi connectivity index (χ4n) is 3.29. The average molecular weight is 465 g/mol. The molecule has 0 fully saturated rings. The van der Waals surface area contributed by atoms with Crippen molar-refractivity contribution in [3.8, 4) is 0 Å². The highest BCUT2D eigenvalue weighted by Gasteiger charge is 2.25. The largest absolute Gasteiger partial charge is 0.377 e. The van der Waals surface area contributed by atoms with Crippen molar-refractivity contribution in [3.63, 3.8) is 0 Å². The minimum absolute atomic E-state index is 0.0226. The summed E-state index contributed by atoms with van der Waals surface area (Å²) in [5, 5.41) is 8.95. The molecule has 0 aliphatic carbocycles. The van der Waals surface area contributed by atoms with Crippen molar-refractivity contribution in [2.45, 2.75) is 25.4 Å². The molecule has 3 amide bonds. The summed E-state index contributed by atoms with van der Waals surface area (Å²) in [5.41, 5.74) is 7.79. The van der Waals surface area contributed by atoms with E-state index in [9.17, 15) is 14.4 Å². The SMILES string of the molecule is CC(Nc1ccccc1NC(=O)C(CC(N)=O)NC(=O)c1ccccc1Cl)c1ccccc1. The third-order valence-corrected chi connectivity index (χ3v) is 5.33. The molecule has 3 aromatic rings. The summed E-state index contributed by atoms with van der Waals surface area (Å²) in [4.78, 5) is 37.2. The number of hydrogen-bond acceptors (Lipinski definition) is 4. The van der Waals surface area contributed by atoms with Crippen LogP contribution in [0.3, 0.4) is 0 Å². The van der Waals surface area contributed by atoms with Crippen LogP contribution in [0, 0.1) is 0 Å². The van der Waals surface area contributed by atoms with Crippen LogP contribution in [0.5, 0.6) is 0 Å². The molecule has 2 atom stereocenters. The van der Waals surface area contributed by atoms with Gasteiger partial charge in [-0.3, -0.25) is 14.4 Å². The Morgan fingerprint density at radius 1 is 0.879 bits per heavy atom. The van der Waals surface area contributed by atoms with Gasteiger partial charge in [-0.1, -0.05) is 66.2 Å². The fraction of sp³-hybridized carbons (Fsp3) is 0.160. The summed E-state index contributed by atoms with van der Waals surface area (Å²) in [6, 6.07) is 22.3. The molecule has 0 aliphatic rings. The monoisotopic (exact) mass is 464 g/mol. The summed E-state index contributed by atoms with van der Waals surface area (Å²) in [7, 11) is 0. The second kappa shape index (κ2) is 11.2. The number of carbonyl (C=O) groups excluding carboxylic acids is 3. The second-order valence-electron chi connectivity index (χ2n) is 7.49. The molecule has 0 saturated carbocycles. The van der Waals surface area contributed by atoms with Gasteiger partial charge in [0, 0.05) is 6.04 Å². The maximum Gasteiger partial charge on any atom is 0.253 e.